The second-order valence-electron chi connectivity index (χ2n) is 6.73. The number of hydrogen-bond acceptors (Lipinski definition) is 5. The third-order valence-electron chi connectivity index (χ3n) is 4.35. The molecule has 1 aliphatic carbocycles. The van der Waals surface area contributed by atoms with E-state index >= 15 is 0 Å². The average molecular weight is 456 g/mol. The fourth-order valence-electron chi connectivity index (χ4n) is 2.81. The van der Waals surface area contributed by atoms with Crippen LogP contribution in [0.4, 0.5) is 4.79 Å². The molecule has 2 N–H and O–H groups in total. The molecule has 2 amide bonds. The molecular formula is C21H30ClN3O4S. The summed E-state index contributed by atoms with van der Waals surface area (Å²) in [4.78, 5) is 38.7. The first-order valence-corrected chi connectivity index (χ1v) is 11.4. The maximum absolute atomic E-state index is 12.6. The molecule has 166 valence electrons. The van der Waals surface area contributed by atoms with E-state index in [1.165, 1.54) is 30.2 Å². The maximum atomic E-state index is 12.6. The Kier molecular flexibility index (Phi) is 13.6. The Balaban J connectivity index is 0.000000804. The first-order valence-electron chi connectivity index (χ1n) is 9.93. The molecular weight excluding hydrogens is 426 g/mol. The van der Waals surface area contributed by atoms with E-state index in [0.29, 0.717) is 25.4 Å². The molecule has 0 bridgehead atoms. The fraction of sp³-hybridized carbons (Fsp3) is 0.524. The number of aromatic nitrogens is 1. The first-order chi connectivity index (χ1) is 14.4. The number of hydrogen-bond donors (Lipinski definition) is 2. The zero-order chi connectivity index (χ0) is 22.2. The number of nitrogens with zero attached hydrogens (tertiary/aromatic N) is 2. The summed E-state index contributed by atoms with van der Waals surface area (Å²) in [5, 5.41) is 10.7. The molecule has 7 nitrogen and oxygen atoms in total. The number of pyridine rings is 1. The van der Waals surface area contributed by atoms with Crippen molar-refractivity contribution >= 4 is 40.5 Å². The Morgan fingerprint density at radius 2 is 1.93 bits per heavy atom. The van der Waals surface area contributed by atoms with E-state index in [1.54, 1.807) is 19.3 Å². The molecule has 9 heteroatoms. The van der Waals surface area contributed by atoms with Crippen molar-refractivity contribution in [3.63, 3.8) is 0 Å². The van der Waals surface area contributed by atoms with Gasteiger partial charge < -0.3 is 15.3 Å². The number of carbonyl (C=O) groups is 3. The minimum atomic E-state index is -0.980. The standard InChI is InChI=1S/C19H27N3O2S.C2H3ClO2/c1-16(23)25-14-13-22(12-9-17-5-3-2-4-6-17)19(24)21-15-18-7-10-20-11-8-18;3-1-2(4)5/h5,7-8,10-11H,2-4,6,9,12-15H2,1H3,(H,21,24);1H2,(H,4,5). The number of aliphatic carboxylic acids is 1. The largest absolute Gasteiger partial charge is 0.480 e. The molecule has 0 aliphatic heterocycles. The van der Waals surface area contributed by atoms with Crippen LogP contribution >= 0.6 is 23.4 Å². The van der Waals surface area contributed by atoms with Gasteiger partial charge in [0.2, 0.25) is 0 Å². The number of rotatable bonds is 9. The Morgan fingerprint density at radius 1 is 1.23 bits per heavy atom. The van der Waals surface area contributed by atoms with Gasteiger partial charge in [-0.15, -0.1) is 11.6 Å². The normalized spacial score (nSPS) is 12.8. The van der Waals surface area contributed by atoms with Crippen LogP contribution < -0.4 is 5.32 Å². The van der Waals surface area contributed by atoms with Gasteiger partial charge in [-0.25, -0.2) is 4.79 Å². The minimum Gasteiger partial charge on any atom is -0.480 e. The van der Waals surface area contributed by atoms with E-state index < -0.39 is 5.97 Å². The third-order valence-corrected chi connectivity index (χ3v) is 5.37. The number of thioether (sulfide) groups is 1. The van der Waals surface area contributed by atoms with Gasteiger partial charge in [-0.2, -0.15) is 0 Å². The van der Waals surface area contributed by atoms with Gasteiger partial charge in [-0.3, -0.25) is 14.6 Å². The molecule has 1 aromatic rings. The Hall–Kier alpha value is -2.06. The molecule has 0 spiro atoms. The lowest BCUT2D eigenvalue weighted by molar-refractivity contribution is -0.134. The minimum absolute atomic E-state index is 0.0719. The van der Waals surface area contributed by atoms with Crippen LogP contribution in [-0.4, -0.2) is 56.8 Å². The molecule has 0 saturated carbocycles. The summed E-state index contributed by atoms with van der Waals surface area (Å²) in [6.45, 7) is 3.33. The monoisotopic (exact) mass is 455 g/mol. The molecule has 0 unspecified atom stereocenters. The average Bonchev–Trinajstić information content (AvgIpc) is 2.76. The first kappa shape index (κ1) is 26.0. The van der Waals surface area contributed by atoms with Crippen LogP contribution in [0.15, 0.2) is 36.2 Å². The van der Waals surface area contributed by atoms with Crippen molar-refractivity contribution in [1.82, 2.24) is 15.2 Å². The number of carbonyl (C=O) groups excluding carboxylic acids is 2. The number of nitrogens with one attached hydrogen (secondary N) is 1. The Bertz CT molecular complexity index is 701. The van der Waals surface area contributed by atoms with Crippen molar-refractivity contribution in [1.29, 1.82) is 0 Å². The van der Waals surface area contributed by atoms with E-state index in [0.717, 1.165) is 24.8 Å². The summed E-state index contributed by atoms with van der Waals surface area (Å²) in [5.74, 6) is -0.650. The van der Waals surface area contributed by atoms with Crippen molar-refractivity contribution in [2.75, 3.05) is 24.7 Å². The smallest absolute Gasteiger partial charge is 0.318 e. The van der Waals surface area contributed by atoms with Gasteiger partial charge >= 0.3 is 12.0 Å². The van der Waals surface area contributed by atoms with Gasteiger partial charge in [-0.1, -0.05) is 23.4 Å². The highest BCUT2D eigenvalue weighted by Crippen LogP contribution is 2.20. The molecule has 0 fully saturated rings. The van der Waals surface area contributed by atoms with Gasteiger partial charge in [0, 0.05) is 44.7 Å². The SMILES string of the molecule is CC(=O)SCCN(CCC1=CCCCC1)C(=O)NCc1ccncc1.O=C(O)CCl. The number of alkyl halides is 1. The van der Waals surface area contributed by atoms with Crippen LogP contribution in [0.1, 0.15) is 44.6 Å². The van der Waals surface area contributed by atoms with Crippen molar-refractivity contribution < 1.29 is 19.5 Å². The fourth-order valence-corrected chi connectivity index (χ4v) is 3.41. The Labute approximate surface area is 187 Å². The van der Waals surface area contributed by atoms with Crippen LogP contribution in [0.2, 0.25) is 0 Å². The summed E-state index contributed by atoms with van der Waals surface area (Å²) >= 11 is 6.01. The second kappa shape index (κ2) is 15.7. The lowest BCUT2D eigenvalue weighted by Gasteiger charge is -2.24. The number of urea groups is 1. The van der Waals surface area contributed by atoms with E-state index in [-0.39, 0.29) is 17.0 Å². The molecule has 30 heavy (non-hydrogen) atoms. The zero-order valence-electron chi connectivity index (χ0n) is 17.3. The predicted octanol–water partition coefficient (Wildman–Crippen LogP) is 4.07. The molecule has 0 radical (unpaired) electrons. The van der Waals surface area contributed by atoms with Crippen LogP contribution in [0.5, 0.6) is 0 Å². The molecule has 1 aromatic heterocycles. The summed E-state index contributed by atoms with van der Waals surface area (Å²) in [6.07, 6.45) is 11.5. The highest BCUT2D eigenvalue weighted by molar-refractivity contribution is 8.13. The summed E-state index contributed by atoms with van der Waals surface area (Å²) in [6, 6.07) is 3.71. The van der Waals surface area contributed by atoms with E-state index in [1.807, 2.05) is 17.0 Å². The highest BCUT2D eigenvalue weighted by Gasteiger charge is 2.15. The van der Waals surface area contributed by atoms with Crippen LogP contribution in [0.25, 0.3) is 0 Å². The quantitative estimate of drug-likeness (QED) is 0.430. The van der Waals surface area contributed by atoms with Gasteiger partial charge in [0.1, 0.15) is 5.88 Å². The summed E-state index contributed by atoms with van der Waals surface area (Å²) < 4.78 is 0. The number of carboxylic acids is 1. The summed E-state index contributed by atoms with van der Waals surface area (Å²) in [7, 11) is 0. The van der Waals surface area contributed by atoms with Crippen LogP contribution in [0, 0.1) is 0 Å². The maximum Gasteiger partial charge on any atom is 0.318 e. The van der Waals surface area contributed by atoms with E-state index in [9.17, 15) is 14.4 Å². The number of amides is 2. The van der Waals surface area contributed by atoms with Crippen molar-refractivity contribution in [3.8, 4) is 0 Å². The molecule has 1 aliphatic rings. The van der Waals surface area contributed by atoms with Crippen molar-refractivity contribution in [2.24, 2.45) is 0 Å². The highest BCUT2D eigenvalue weighted by atomic mass is 35.5. The van der Waals surface area contributed by atoms with Crippen LogP contribution in [-0.2, 0) is 16.1 Å². The zero-order valence-corrected chi connectivity index (χ0v) is 18.9. The van der Waals surface area contributed by atoms with E-state index in [4.69, 9.17) is 16.7 Å². The third kappa shape index (κ3) is 12.5. The molecule has 2 rings (SSSR count). The lowest BCUT2D eigenvalue weighted by atomic mass is 9.97. The molecule has 0 aromatic carbocycles. The topological polar surface area (TPSA) is 99.6 Å². The van der Waals surface area contributed by atoms with Crippen LogP contribution in [0.3, 0.4) is 0 Å². The number of halogens is 1. The predicted molar refractivity (Wildman–Crippen MR) is 121 cm³/mol. The number of carboxylic acid groups (broad SMARTS) is 1. The van der Waals surface area contributed by atoms with Gasteiger partial charge in [0.15, 0.2) is 5.12 Å². The summed E-state index contributed by atoms with van der Waals surface area (Å²) in [5.41, 5.74) is 2.48. The molecule has 0 saturated heterocycles. The molecule has 1 heterocycles. The van der Waals surface area contributed by atoms with Gasteiger partial charge in [0.05, 0.1) is 0 Å². The molecule has 0 atom stereocenters. The Morgan fingerprint density at radius 3 is 2.50 bits per heavy atom. The van der Waals surface area contributed by atoms with Gasteiger partial charge in [0.25, 0.3) is 0 Å². The van der Waals surface area contributed by atoms with Gasteiger partial charge in [-0.05, 0) is 49.8 Å². The second-order valence-corrected chi connectivity index (χ2v) is 8.27. The van der Waals surface area contributed by atoms with Crippen molar-refractivity contribution in [2.45, 2.75) is 45.6 Å². The number of allylic oxidation sites excluding steroid dienone is 1. The van der Waals surface area contributed by atoms with Crippen molar-refractivity contribution in [3.05, 3.63) is 41.7 Å². The lowest BCUT2D eigenvalue weighted by Crippen LogP contribution is -2.41. The van der Waals surface area contributed by atoms with E-state index in [2.05, 4.69) is 16.4 Å².